The van der Waals surface area contributed by atoms with Crippen molar-refractivity contribution in [3.63, 3.8) is 0 Å². The molecule has 0 aliphatic heterocycles. The maximum atomic E-state index is 11.0. The fraction of sp³-hybridized carbons (Fsp3) is 0.375. The van der Waals surface area contributed by atoms with Crippen LogP contribution in [0, 0.1) is 0 Å². The SMILES string of the molecule is Cl.O=C(O)C(CCc1cnno1)c1cnno1. The molecule has 0 aliphatic rings. The lowest BCUT2D eigenvalue weighted by Gasteiger charge is -2.05. The topological polar surface area (TPSA) is 115 Å². The first kappa shape index (κ1) is 13.1. The third-order valence-electron chi connectivity index (χ3n) is 2.11. The summed E-state index contributed by atoms with van der Waals surface area (Å²) in [4.78, 5) is 11.0. The van der Waals surface area contributed by atoms with Gasteiger partial charge in [-0.3, -0.25) is 4.79 Å². The van der Waals surface area contributed by atoms with E-state index in [4.69, 9.17) is 14.2 Å². The van der Waals surface area contributed by atoms with E-state index in [0.29, 0.717) is 18.6 Å². The maximum absolute atomic E-state index is 11.0. The quantitative estimate of drug-likeness (QED) is 0.834. The molecule has 1 atom stereocenters. The molecule has 8 nitrogen and oxygen atoms in total. The molecule has 0 saturated carbocycles. The van der Waals surface area contributed by atoms with Crippen LogP contribution in [0.15, 0.2) is 21.4 Å². The molecule has 0 spiro atoms. The fourth-order valence-electron chi connectivity index (χ4n) is 1.30. The third kappa shape index (κ3) is 3.25. The number of hydrogen-bond acceptors (Lipinski definition) is 7. The second kappa shape index (κ2) is 5.94. The van der Waals surface area contributed by atoms with Crippen molar-refractivity contribution in [2.45, 2.75) is 18.8 Å². The van der Waals surface area contributed by atoms with Gasteiger partial charge in [0.2, 0.25) is 0 Å². The van der Waals surface area contributed by atoms with Crippen LogP contribution in [0.1, 0.15) is 23.9 Å². The van der Waals surface area contributed by atoms with E-state index in [9.17, 15) is 4.79 Å². The number of carbonyl (C=O) groups is 1. The molecule has 1 N–H and O–H groups in total. The lowest BCUT2D eigenvalue weighted by Crippen LogP contribution is -2.11. The van der Waals surface area contributed by atoms with Crippen molar-refractivity contribution < 1.29 is 18.9 Å². The number of aryl methyl sites for hydroxylation is 1. The van der Waals surface area contributed by atoms with Crippen LogP contribution in [0.5, 0.6) is 0 Å². The Morgan fingerprint density at radius 2 is 2.00 bits per heavy atom. The van der Waals surface area contributed by atoms with Crippen molar-refractivity contribution >= 4 is 18.4 Å². The van der Waals surface area contributed by atoms with Crippen molar-refractivity contribution in [2.24, 2.45) is 0 Å². The van der Waals surface area contributed by atoms with Crippen LogP contribution in [0.2, 0.25) is 0 Å². The number of aliphatic carboxylic acids is 1. The van der Waals surface area contributed by atoms with Gasteiger partial charge in [-0.2, -0.15) is 0 Å². The summed E-state index contributed by atoms with van der Waals surface area (Å²) in [6.45, 7) is 0. The van der Waals surface area contributed by atoms with E-state index in [2.05, 4.69) is 20.7 Å². The Bertz CT molecular complexity index is 444. The van der Waals surface area contributed by atoms with Gasteiger partial charge in [-0.15, -0.1) is 22.6 Å². The van der Waals surface area contributed by atoms with Crippen molar-refractivity contribution in [1.82, 2.24) is 20.7 Å². The predicted octanol–water partition coefficient (Wildman–Crippen LogP) is 0.675. The highest BCUT2D eigenvalue weighted by Crippen LogP contribution is 2.20. The molecule has 9 heteroatoms. The van der Waals surface area contributed by atoms with Crippen molar-refractivity contribution in [1.29, 1.82) is 0 Å². The fourth-order valence-corrected chi connectivity index (χ4v) is 1.30. The van der Waals surface area contributed by atoms with Gasteiger partial charge < -0.3 is 14.2 Å². The predicted molar refractivity (Wildman–Crippen MR) is 54.5 cm³/mol. The van der Waals surface area contributed by atoms with Gasteiger partial charge in [-0.05, 0) is 6.42 Å². The molecule has 2 heterocycles. The van der Waals surface area contributed by atoms with Gasteiger partial charge >= 0.3 is 5.97 Å². The van der Waals surface area contributed by atoms with E-state index in [1.54, 1.807) is 0 Å². The summed E-state index contributed by atoms with van der Waals surface area (Å²) in [6.07, 6.45) is 3.45. The second-order valence-electron chi connectivity index (χ2n) is 3.13. The highest BCUT2D eigenvalue weighted by atomic mass is 35.5. The molecular formula is C8H9ClN4O4. The lowest BCUT2D eigenvalue weighted by molar-refractivity contribution is -0.139. The molecule has 0 bridgehead atoms. The van der Waals surface area contributed by atoms with E-state index in [0.717, 1.165) is 0 Å². The summed E-state index contributed by atoms with van der Waals surface area (Å²) in [5, 5.41) is 22.5. The van der Waals surface area contributed by atoms with Crippen LogP contribution in [-0.4, -0.2) is 31.8 Å². The Kier molecular flexibility index (Phi) is 4.58. The number of nitrogens with zero attached hydrogens (tertiary/aromatic N) is 4. The van der Waals surface area contributed by atoms with Gasteiger partial charge in [-0.1, -0.05) is 0 Å². The molecule has 0 aromatic carbocycles. The molecule has 0 amide bonds. The first-order valence-corrected chi connectivity index (χ1v) is 4.53. The zero-order chi connectivity index (χ0) is 11.4. The Balaban J connectivity index is 0.00000144. The molecule has 2 rings (SSSR count). The molecule has 17 heavy (non-hydrogen) atoms. The molecule has 1 unspecified atom stereocenters. The minimum Gasteiger partial charge on any atom is -0.481 e. The molecule has 92 valence electrons. The van der Waals surface area contributed by atoms with Gasteiger partial charge in [0.25, 0.3) is 0 Å². The van der Waals surface area contributed by atoms with E-state index in [1.165, 1.54) is 12.4 Å². The number of carboxylic acid groups (broad SMARTS) is 1. The maximum Gasteiger partial charge on any atom is 0.314 e. The normalized spacial score (nSPS) is 11.8. The second-order valence-corrected chi connectivity index (χ2v) is 3.13. The van der Waals surface area contributed by atoms with Gasteiger partial charge in [0.05, 0.1) is 12.4 Å². The molecule has 2 aromatic heterocycles. The van der Waals surface area contributed by atoms with Crippen LogP contribution < -0.4 is 0 Å². The highest BCUT2D eigenvalue weighted by Gasteiger charge is 2.24. The first-order valence-electron chi connectivity index (χ1n) is 4.53. The molecular weight excluding hydrogens is 252 g/mol. The molecule has 0 fully saturated rings. The number of rotatable bonds is 5. The highest BCUT2D eigenvalue weighted by molar-refractivity contribution is 5.85. The lowest BCUT2D eigenvalue weighted by atomic mass is 10.0. The smallest absolute Gasteiger partial charge is 0.314 e. The number of aromatic nitrogens is 4. The number of halogens is 1. The monoisotopic (exact) mass is 260 g/mol. The third-order valence-corrected chi connectivity index (χ3v) is 2.11. The largest absolute Gasteiger partial charge is 0.481 e. The summed E-state index contributed by atoms with van der Waals surface area (Å²) >= 11 is 0. The van der Waals surface area contributed by atoms with Crippen LogP contribution in [0.4, 0.5) is 0 Å². The molecule has 0 radical (unpaired) electrons. The van der Waals surface area contributed by atoms with Crippen molar-refractivity contribution in [3.05, 3.63) is 23.9 Å². The average Bonchev–Trinajstić information content (AvgIpc) is 2.88. The van der Waals surface area contributed by atoms with E-state index >= 15 is 0 Å². The van der Waals surface area contributed by atoms with Gasteiger partial charge in [0.15, 0.2) is 11.5 Å². The summed E-state index contributed by atoms with van der Waals surface area (Å²) in [5.74, 6) is -1.04. The molecule has 0 aliphatic carbocycles. The van der Waals surface area contributed by atoms with Gasteiger partial charge in [0.1, 0.15) is 5.92 Å². The van der Waals surface area contributed by atoms with Crippen LogP contribution >= 0.6 is 12.4 Å². The summed E-state index contributed by atoms with van der Waals surface area (Å²) in [6, 6.07) is 0. The number of carboxylic acids is 1. The Morgan fingerprint density at radius 1 is 1.29 bits per heavy atom. The average molecular weight is 261 g/mol. The molecule has 2 aromatic rings. The Labute approximate surface area is 101 Å². The van der Waals surface area contributed by atoms with Crippen molar-refractivity contribution in [3.8, 4) is 0 Å². The Morgan fingerprint density at radius 3 is 2.53 bits per heavy atom. The standard InChI is InChI=1S/C8H8N4O4.ClH/c13-8(14)6(7-4-10-12-16-7)2-1-5-3-9-11-15-5;/h3-4,6H,1-2H2,(H,13,14);1H. The summed E-state index contributed by atoms with van der Waals surface area (Å²) in [5.41, 5.74) is 0. The zero-order valence-electron chi connectivity index (χ0n) is 8.52. The van der Waals surface area contributed by atoms with E-state index in [-0.39, 0.29) is 18.2 Å². The first-order chi connectivity index (χ1) is 7.77. The number of hydrogen-bond donors (Lipinski definition) is 1. The van der Waals surface area contributed by atoms with E-state index in [1.807, 2.05) is 0 Å². The summed E-state index contributed by atoms with van der Waals surface area (Å²) < 4.78 is 9.49. The van der Waals surface area contributed by atoms with Crippen LogP contribution in [0.25, 0.3) is 0 Å². The Hall–Kier alpha value is -1.96. The summed E-state index contributed by atoms with van der Waals surface area (Å²) in [7, 11) is 0. The van der Waals surface area contributed by atoms with Crippen molar-refractivity contribution in [2.75, 3.05) is 0 Å². The minimum atomic E-state index is -0.994. The minimum absolute atomic E-state index is 0. The van der Waals surface area contributed by atoms with Crippen LogP contribution in [-0.2, 0) is 11.2 Å². The van der Waals surface area contributed by atoms with Gasteiger partial charge in [-0.25, -0.2) is 0 Å². The van der Waals surface area contributed by atoms with Crippen LogP contribution in [0.3, 0.4) is 0 Å². The van der Waals surface area contributed by atoms with Gasteiger partial charge in [0, 0.05) is 17.0 Å². The molecule has 0 saturated heterocycles. The zero-order valence-corrected chi connectivity index (χ0v) is 9.33. The van der Waals surface area contributed by atoms with E-state index < -0.39 is 11.9 Å².